The molecular formula is C15H19BrN2O2. The average Bonchev–Trinajstić information content (AvgIpc) is 2.75. The van der Waals surface area contributed by atoms with Crippen LogP contribution in [0.4, 0.5) is 0 Å². The van der Waals surface area contributed by atoms with Crippen molar-refractivity contribution in [2.45, 2.75) is 33.4 Å². The molecule has 0 aliphatic carbocycles. The molecule has 20 heavy (non-hydrogen) atoms. The Morgan fingerprint density at radius 3 is 2.70 bits per heavy atom. The smallest absolute Gasteiger partial charge is 0.208 e. The molecule has 2 rings (SSSR count). The van der Waals surface area contributed by atoms with Gasteiger partial charge in [0.15, 0.2) is 0 Å². The SMILES string of the molecule is COc1ccc([C@H](C)NCc2nc(C)c(C)o2)cc1Br. The number of benzene rings is 1. The van der Waals surface area contributed by atoms with E-state index in [4.69, 9.17) is 9.15 Å². The second-order valence-corrected chi connectivity index (χ2v) is 5.60. The van der Waals surface area contributed by atoms with Crippen LogP contribution in [-0.2, 0) is 6.54 Å². The molecule has 0 saturated carbocycles. The molecule has 0 unspecified atom stereocenters. The Balaban J connectivity index is 2.01. The van der Waals surface area contributed by atoms with Gasteiger partial charge in [0.05, 0.1) is 23.8 Å². The van der Waals surface area contributed by atoms with E-state index in [0.717, 1.165) is 27.6 Å². The number of aromatic nitrogens is 1. The van der Waals surface area contributed by atoms with Crippen molar-refractivity contribution in [2.75, 3.05) is 7.11 Å². The van der Waals surface area contributed by atoms with E-state index in [1.807, 2.05) is 26.0 Å². The fraction of sp³-hybridized carbons (Fsp3) is 0.400. The van der Waals surface area contributed by atoms with Crippen molar-refractivity contribution in [3.8, 4) is 5.75 Å². The van der Waals surface area contributed by atoms with Gasteiger partial charge in [0.1, 0.15) is 11.5 Å². The molecule has 0 bridgehead atoms. The quantitative estimate of drug-likeness (QED) is 0.897. The van der Waals surface area contributed by atoms with Gasteiger partial charge in [-0.1, -0.05) is 6.07 Å². The third kappa shape index (κ3) is 3.41. The normalized spacial score (nSPS) is 12.4. The molecule has 2 aromatic rings. The van der Waals surface area contributed by atoms with Crippen molar-refractivity contribution in [1.29, 1.82) is 0 Å². The number of oxazole rings is 1. The zero-order valence-electron chi connectivity index (χ0n) is 12.2. The molecule has 4 nitrogen and oxygen atoms in total. The van der Waals surface area contributed by atoms with E-state index in [1.54, 1.807) is 7.11 Å². The van der Waals surface area contributed by atoms with Crippen molar-refractivity contribution in [1.82, 2.24) is 10.3 Å². The summed E-state index contributed by atoms with van der Waals surface area (Å²) in [5.41, 5.74) is 2.12. The third-order valence-corrected chi connectivity index (χ3v) is 3.93. The first-order valence-electron chi connectivity index (χ1n) is 6.51. The van der Waals surface area contributed by atoms with E-state index >= 15 is 0 Å². The standard InChI is InChI=1S/C15H19BrN2O2/c1-9-11(3)20-15(18-9)8-17-10(2)12-5-6-14(19-4)13(16)7-12/h5-7,10,17H,8H2,1-4H3/t10-/m0/s1. The van der Waals surface area contributed by atoms with Crippen LogP contribution in [0.15, 0.2) is 27.1 Å². The largest absolute Gasteiger partial charge is 0.496 e. The highest BCUT2D eigenvalue weighted by atomic mass is 79.9. The monoisotopic (exact) mass is 338 g/mol. The Bertz CT molecular complexity index is 576. The molecule has 1 atom stereocenters. The van der Waals surface area contributed by atoms with Gasteiger partial charge in [0, 0.05) is 6.04 Å². The van der Waals surface area contributed by atoms with Crippen molar-refractivity contribution >= 4 is 15.9 Å². The maximum absolute atomic E-state index is 5.56. The number of rotatable bonds is 5. The molecule has 1 aromatic carbocycles. The average molecular weight is 339 g/mol. The predicted molar refractivity (Wildman–Crippen MR) is 81.9 cm³/mol. The Hall–Kier alpha value is -1.33. The van der Waals surface area contributed by atoms with Crippen LogP contribution in [0.2, 0.25) is 0 Å². The second-order valence-electron chi connectivity index (χ2n) is 4.75. The van der Waals surface area contributed by atoms with Crippen molar-refractivity contribution in [3.63, 3.8) is 0 Å². The first-order valence-corrected chi connectivity index (χ1v) is 7.30. The summed E-state index contributed by atoms with van der Waals surface area (Å²) in [7, 11) is 1.66. The Labute approximate surface area is 127 Å². The topological polar surface area (TPSA) is 47.3 Å². The molecule has 5 heteroatoms. The molecule has 0 amide bonds. The number of ether oxygens (including phenoxy) is 1. The van der Waals surface area contributed by atoms with E-state index in [0.29, 0.717) is 6.54 Å². The predicted octanol–water partition coefficient (Wildman–Crippen LogP) is 3.91. The summed E-state index contributed by atoms with van der Waals surface area (Å²) in [6.45, 7) is 6.60. The van der Waals surface area contributed by atoms with Gasteiger partial charge < -0.3 is 14.5 Å². The lowest BCUT2D eigenvalue weighted by molar-refractivity contribution is 0.411. The van der Waals surface area contributed by atoms with Crippen LogP contribution in [0, 0.1) is 13.8 Å². The van der Waals surface area contributed by atoms with Crippen molar-refractivity contribution in [3.05, 3.63) is 45.6 Å². The Kier molecular flexibility index (Phi) is 4.83. The summed E-state index contributed by atoms with van der Waals surface area (Å²) in [6.07, 6.45) is 0. The Morgan fingerprint density at radius 1 is 1.40 bits per heavy atom. The van der Waals surface area contributed by atoms with Gasteiger partial charge in [-0.05, 0) is 54.4 Å². The minimum absolute atomic E-state index is 0.199. The lowest BCUT2D eigenvalue weighted by Crippen LogP contribution is -2.18. The van der Waals surface area contributed by atoms with Crippen LogP contribution in [0.1, 0.15) is 35.9 Å². The highest BCUT2D eigenvalue weighted by Crippen LogP contribution is 2.28. The van der Waals surface area contributed by atoms with Crippen LogP contribution in [0.5, 0.6) is 5.75 Å². The molecule has 0 spiro atoms. The van der Waals surface area contributed by atoms with E-state index in [-0.39, 0.29) is 6.04 Å². The van der Waals surface area contributed by atoms with Crippen LogP contribution in [0.3, 0.4) is 0 Å². The molecule has 1 N–H and O–H groups in total. The third-order valence-electron chi connectivity index (χ3n) is 3.31. The van der Waals surface area contributed by atoms with E-state index in [2.05, 4.69) is 39.2 Å². The number of hydrogen-bond donors (Lipinski definition) is 1. The van der Waals surface area contributed by atoms with Gasteiger partial charge >= 0.3 is 0 Å². The molecule has 0 saturated heterocycles. The molecule has 1 heterocycles. The molecule has 0 aliphatic heterocycles. The van der Waals surface area contributed by atoms with E-state index in [9.17, 15) is 0 Å². The number of nitrogens with zero attached hydrogens (tertiary/aromatic N) is 1. The molecule has 0 aliphatic rings. The zero-order valence-corrected chi connectivity index (χ0v) is 13.7. The first-order chi connectivity index (χ1) is 9.51. The summed E-state index contributed by atoms with van der Waals surface area (Å²) < 4.78 is 11.7. The summed E-state index contributed by atoms with van der Waals surface area (Å²) >= 11 is 3.50. The van der Waals surface area contributed by atoms with Crippen molar-refractivity contribution < 1.29 is 9.15 Å². The van der Waals surface area contributed by atoms with Gasteiger partial charge in [-0.15, -0.1) is 0 Å². The number of aryl methyl sites for hydroxylation is 2. The molecule has 1 aromatic heterocycles. The summed E-state index contributed by atoms with van der Waals surface area (Å²) in [5.74, 6) is 2.43. The summed E-state index contributed by atoms with van der Waals surface area (Å²) in [4.78, 5) is 4.36. The fourth-order valence-corrected chi connectivity index (χ4v) is 2.48. The minimum atomic E-state index is 0.199. The highest BCUT2D eigenvalue weighted by molar-refractivity contribution is 9.10. The maximum Gasteiger partial charge on any atom is 0.208 e. The lowest BCUT2D eigenvalue weighted by Gasteiger charge is -2.14. The van der Waals surface area contributed by atoms with Crippen molar-refractivity contribution in [2.24, 2.45) is 0 Å². The fourth-order valence-electron chi connectivity index (χ4n) is 1.93. The first kappa shape index (κ1) is 15.1. The van der Waals surface area contributed by atoms with Gasteiger partial charge in [0.25, 0.3) is 0 Å². The van der Waals surface area contributed by atoms with Crippen LogP contribution in [0.25, 0.3) is 0 Å². The highest BCUT2D eigenvalue weighted by Gasteiger charge is 2.10. The molecule has 0 radical (unpaired) electrons. The van der Waals surface area contributed by atoms with Crippen LogP contribution >= 0.6 is 15.9 Å². The van der Waals surface area contributed by atoms with Crippen LogP contribution < -0.4 is 10.1 Å². The van der Waals surface area contributed by atoms with Gasteiger partial charge in [-0.25, -0.2) is 4.98 Å². The zero-order chi connectivity index (χ0) is 14.7. The second kappa shape index (κ2) is 6.41. The number of methoxy groups -OCH3 is 1. The minimum Gasteiger partial charge on any atom is -0.496 e. The van der Waals surface area contributed by atoms with Gasteiger partial charge in [-0.2, -0.15) is 0 Å². The molecule has 108 valence electrons. The number of nitrogens with one attached hydrogen (secondary N) is 1. The van der Waals surface area contributed by atoms with E-state index < -0.39 is 0 Å². The lowest BCUT2D eigenvalue weighted by atomic mass is 10.1. The van der Waals surface area contributed by atoms with Gasteiger partial charge in [0.2, 0.25) is 5.89 Å². The molecular weight excluding hydrogens is 320 g/mol. The summed E-state index contributed by atoms with van der Waals surface area (Å²) in [6, 6.07) is 6.26. The van der Waals surface area contributed by atoms with E-state index in [1.165, 1.54) is 5.56 Å². The number of halogens is 1. The molecule has 0 fully saturated rings. The van der Waals surface area contributed by atoms with Gasteiger partial charge in [-0.3, -0.25) is 0 Å². The Morgan fingerprint density at radius 2 is 2.15 bits per heavy atom. The van der Waals surface area contributed by atoms with Crippen LogP contribution in [-0.4, -0.2) is 12.1 Å². The number of hydrogen-bond acceptors (Lipinski definition) is 4. The maximum atomic E-state index is 5.56. The summed E-state index contributed by atoms with van der Waals surface area (Å²) in [5, 5.41) is 3.40.